The van der Waals surface area contributed by atoms with E-state index in [0.717, 1.165) is 0 Å². The summed E-state index contributed by atoms with van der Waals surface area (Å²) in [6.45, 7) is 9.27. The lowest BCUT2D eigenvalue weighted by molar-refractivity contribution is -0.163. The van der Waals surface area contributed by atoms with Crippen LogP contribution in [0.3, 0.4) is 0 Å². The Labute approximate surface area is 333 Å². The zero-order chi connectivity index (χ0) is 42.0. The lowest BCUT2D eigenvalue weighted by Gasteiger charge is -2.21. The topological polar surface area (TPSA) is 220 Å². The van der Waals surface area contributed by atoms with Crippen LogP contribution in [0.5, 0.6) is 17.5 Å². The number of ether oxygens (including phenoxy) is 7. The molecule has 1 saturated carbocycles. The van der Waals surface area contributed by atoms with Crippen molar-refractivity contribution in [2.45, 2.75) is 45.6 Å². The molecule has 0 saturated heterocycles. The van der Waals surface area contributed by atoms with Gasteiger partial charge in [0.25, 0.3) is 5.95 Å². The predicted octanol–water partition coefficient (Wildman–Crippen LogP) is 4.50. The van der Waals surface area contributed by atoms with Gasteiger partial charge in [0.05, 0.1) is 24.5 Å². The van der Waals surface area contributed by atoms with Gasteiger partial charge >= 0.3 is 24.0 Å². The molecule has 1 fully saturated rings. The van der Waals surface area contributed by atoms with Crippen molar-refractivity contribution in [3.8, 4) is 23.5 Å². The van der Waals surface area contributed by atoms with Crippen molar-refractivity contribution in [1.29, 1.82) is 5.41 Å². The summed E-state index contributed by atoms with van der Waals surface area (Å²) in [6.07, 6.45) is 2.43. The fourth-order valence-electron chi connectivity index (χ4n) is 5.75. The molecule has 2 atom stereocenters. The minimum absolute atomic E-state index is 0.0145. The Morgan fingerprint density at radius 3 is 2.41 bits per heavy atom. The molecule has 0 radical (unpaired) electrons. The maximum atomic E-state index is 16.8. The number of amides is 1. The number of aromatic nitrogens is 5. The van der Waals surface area contributed by atoms with Crippen LogP contribution in [0.4, 0.5) is 14.9 Å². The van der Waals surface area contributed by atoms with E-state index in [1.807, 2.05) is 0 Å². The molecule has 1 unspecified atom stereocenters. The lowest BCUT2D eigenvalue weighted by atomic mass is 9.92. The number of methoxy groups -OCH3 is 2. The molecule has 2 aromatic heterocycles. The fraction of sp³-hybridized carbons (Fsp3) is 0.385. The molecule has 1 aliphatic carbocycles. The highest BCUT2D eigenvalue weighted by atomic mass is 19.1. The number of hydrogen-bond donors (Lipinski definition) is 3. The van der Waals surface area contributed by atoms with Gasteiger partial charge in [0.15, 0.2) is 17.4 Å². The summed E-state index contributed by atoms with van der Waals surface area (Å²) >= 11 is 0. The first-order chi connectivity index (χ1) is 27.7. The Balaban J connectivity index is 1.51. The van der Waals surface area contributed by atoms with E-state index >= 15 is 4.39 Å². The Bertz CT molecular complexity index is 2130. The summed E-state index contributed by atoms with van der Waals surface area (Å²) in [4.78, 5) is 49.5. The average molecular weight is 805 g/mol. The summed E-state index contributed by atoms with van der Waals surface area (Å²) in [5.74, 6) is -1.78. The molecule has 4 aromatic rings. The van der Waals surface area contributed by atoms with E-state index in [-0.39, 0.29) is 73.5 Å². The van der Waals surface area contributed by atoms with Crippen LogP contribution in [0.15, 0.2) is 67.0 Å². The maximum absolute atomic E-state index is 16.8. The van der Waals surface area contributed by atoms with Crippen molar-refractivity contribution in [2.24, 2.45) is 5.41 Å². The molecule has 18 nitrogen and oxygen atoms in total. The first-order valence-corrected chi connectivity index (χ1v) is 17.9. The first-order valence-electron chi connectivity index (χ1n) is 17.9. The van der Waals surface area contributed by atoms with Crippen LogP contribution in [0.25, 0.3) is 5.95 Å². The zero-order valence-corrected chi connectivity index (χ0v) is 32.9. The van der Waals surface area contributed by atoms with Gasteiger partial charge in [-0.2, -0.15) is 4.98 Å². The number of carbonyl (C=O) groups excluding carboxylic acids is 3. The smallest absolute Gasteiger partial charge is 0.413 e. The Kier molecular flexibility index (Phi) is 13.6. The van der Waals surface area contributed by atoms with Crippen LogP contribution in [0, 0.1) is 16.6 Å². The Morgan fingerprint density at radius 2 is 1.76 bits per heavy atom. The highest BCUT2D eigenvalue weighted by Crippen LogP contribution is 2.56. The molecule has 58 heavy (non-hydrogen) atoms. The lowest BCUT2D eigenvalue weighted by Crippen LogP contribution is -2.32. The van der Waals surface area contributed by atoms with Crippen molar-refractivity contribution < 1.29 is 51.9 Å². The largest absolute Gasteiger partial charge is 0.497 e. The summed E-state index contributed by atoms with van der Waals surface area (Å²) < 4.78 is 55.6. The third-order valence-electron chi connectivity index (χ3n) is 8.68. The number of alkyl carbamates (subject to hydrolysis) is 1. The van der Waals surface area contributed by atoms with Gasteiger partial charge < -0.3 is 38.5 Å². The van der Waals surface area contributed by atoms with E-state index in [1.165, 1.54) is 50.4 Å². The Morgan fingerprint density at radius 1 is 1.03 bits per heavy atom. The second kappa shape index (κ2) is 18.5. The number of nitrogens with one attached hydrogen (secondary N) is 3. The van der Waals surface area contributed by atoms with Crippen molar-refractivity contribution in [3.63, 3.8) is 0 Å². The summed E-state index contributed by atoms with van der Waals surface area (Å²) in [5.41, 5.74) is -0.542. The molecule has 2 aromatic carbocycles. The highest BCUT2D eigenvalue weighted by molar-refractivity contribution is 6.04. The SMILES string of the molecule is C=C(C)COC(=O)NC(=N)c1ccc(NC2C[C@]2(c2nc(OCOC(=O)C(C)(C)COC)n(-c3ncccn3)n2)c2cc(OC)cc(OCCOC(C)=O)c2F)cc1. The van der Waals surface area contributed by atoms with Gasteiger partial charge in [-0.1, -0.05) is 6.58 Å². The van der Waals surface area contributed by atoms with Gasteiger partial charge in [0.2, 0.25) is 6.79 Å². The third kappa shape index (κ3) is 10.2. The summed E-state index contributed by atoms with van der Waals surface area (Å²) in [5, 5.41) is 18.8. The van der Waals surface area contributed by atoms with E-state index in [4.69, 9.17) is 48.6 Å². The van der Waals surface area contributed by atoms with E-state index in [0.29, 0.717) is 16.8 Å². The number of anilines is 1. The number of amidine groups is 1. The fourth-order valence-corrected chi connectivity index (χ4v) is 5.75. The quantitative estimate of drug-likeness (QED) is 0.0226. The molecule has 2 heterocycles. The zero-order valence-electron chi connectivity index (χ0n) is 32.9. The van der Waals surface area contributed by atoms with Gasteiger partial charge in [-0.05, 0) is 69.2 Å². The predicted molar refractivity (Wildman–Crippen MR) is 205 cm³/mol. The molecule has 1 amide bonds. The van der Waals surface area contributed by atoms with Crippen LogP contribution in [-0.4, -0.2) is 102 Å². The number of benzene rings is 2. The molecule has 5 rings (SSSR count). The number of esters is 2. The van der Waals surface area contributed by atoms with E-state index < -0.39 is 47.5 Å². The van der Waals surface area contributed by atoms with E-state index in [2.05, 4.69) is 27.2 Å². The van der Waals surface area contributed by atoms with E-state index in [9.17, 15) is 14.4 Å². The molecule has 3 N–H and O–H groups in total. The maximum Gasteiger partial charge on any atom is 0.413 e. The van der Waals surface area contributed by atoms with Crippen LogP contribution in [0.2, 0.25) is 0 Å². The normalized spacial score (nSPS) is 15.7. The van der Waals surface area contributed by atoms with Crippen molar-refractivity contribution in [2.75, 3.05) is 52.8 Å². The van der Waals surface area contributed by atoms with Gasteiger partial charge in [-0.15, -0.1) is 9.78 Å². The van der Waals surface area contributed by atoms with Gasteiger partial charge in [0, 0.05) is 55.3 Å². The van der Waals surface area contributed by atoms with Gasteiger partial charge in [0.1, 0.15) is 31.4 Å². The molecular weight excluding hydrogens is 759 g/mol. The summed E-state index contributed by atoms with van der Waals surface area (Å²) in [6, 6.07) is 10.4. The van der Waals surface area contributed by atoms with Gasteiger partial charge in [-0.3, -0.25) is 20.3 Å². The van der Waals surface area contributed by atoms with Crippen molar-refractivity contribution >= 4 is 29.6 Å². The van der Waals surface area contributed by atoms with Gasteiger partial charge in [-0.25, -0.2) is 19.2 Å². The van der Waals surface area contributed by atoms with E-state index in [1.54, 1.807) is 51.1 Å². The van der Waals surface area contributed by atoms with Crippen LogP contribution < -0.4 is 24.8 Å². The van der Waals surface area contributed by atoms with Crippen LogP contribution >= 0.6 is 0 Å². The number of halogens is 1. The average Bonchev–Trinajstić information content (AvgIpc) is 3.74. The monoisotopic (exact) mass is 804 g/mol. The molecule has 19 heteroatoms. The Hall–Kier alpha value is -6.63. The van der Waals surface area contributed by atoms with Crippen LogP contribution in [0.1, 0.15) is 51.1 Å². The number of nitrogens with zero attached hydrogens (tertiary/aromatic N) is 5. The minimum Gasteiger partial charge on any atom is -0.497 e. The second-order valence-electron chi connectivity index (χ2n) is 13.8. The first kappa shape index (κ1) is 42.5. The third-order valence-corrected chi connectivity index (χ3v) is 8.68. The molecule has 308 valence electrons. The highest BCUT2D eigenvalue weighted by Gasteiger charge is 2.62. The molecule has 0 spiro atoms. The summed E-state index contributed by atoms with van der Waals surface area (Å²) in [7, 11) is 2.89. The number of hydrogen-bond acceptors (Lipinski definition) is 16. The molecule has 0 aliphatic heterocycles. The minimum atomic E-state index is -1.30. The molecule has 0 bridgehead atoms. The number of carbonyl (C=O) groups is 3. The van der Waals surface area contributed by atoms with Crippen molar-refractivity contribution in [3.05, 3.63) is 89.8 Å². The van der Waals surface area contributed by atoms with Crippen LogP contribution in [-0.2, 0) is 34.0 Å². The number of rotatable bonds is 19. The second-order valence-corrected chi connectivity index (χ2v) is 13.8. The molecule has 1 aliphatic rings. The standard InChI is InChI=1S/C39H45FN8O10/c1-23(2)20-56-37(51)45-32(41)25-9-11-26(12-10-25)44-30-19-39(30,28-17-27(53-7)18-29(31(28)40)55-16-15-54-24(3)49)33-46-36(48(47-33)35-42-13-8-14-43-35)58-22-57-34(50)38(4,5)21-52-6/h8-14,17-18,30,44H,1,15-16,19-22H2,2-7H3,(H2,41,45,51)/t30?,39-/m0/s1. The molecular formula is C39H45FN8O10. The van der Waals surface area contributed by atoms with Crippen molar-refractivity contribution in [1.82, 2.24) is 30.0 Å².